The predicted octanol–water partition coefficient (Wildman–Crippen LogP) is 4.11. The quantitative estimate of drug-likeness (QED) is 0.598. The lowest BCUT2D eigenvalue weighted by Crippen LogP contribution is -2.00. The highest BCUT2D eigenvalue weighted by Crippen LogP contribution is 2.23. The third-order valence-corrected chi connectivity index (χ3v) is 2.71. The van der Waals surface area contributed by atoms with Crippen LogP contribution >= 0.6 is 15.9 Å². The summed E-state index contributed by atoms with van der Waals surface area (Å²) in [6, 6.07) is 4.32. The monoisotopic (exact) mass is 276 g/mol. The van der Waals surface area contributed by atoms with Gasteiger partial charge in [-0.1, -0.05) is 22.9 Å². The molecule has 82 valence electrons. The van der Waals surface area contributed by atoms with Gasteiger partial charge < -0.3 is 0 Å². The highest BCUT2D eigenvalue weighted by molar-refractivity contribution is 9.08. The van der Waals surface area contributed by atoms with Crippen LogP contribution in [0.15, 0.2) is 18.2 Å². The van der Waals surface area contributed by atoms with E-state index in [1.165, 1.54) is 12.1 Å². The Hall–Kier alpha value is -0.770. The van der Waals surface area contributed by atoms with Gasteiger partial charge in [0.15, 0.2) is 5.78 Å². The van der Waals surface area contributed by atoms with Gasteiger partial charge in [-0.15, -0.1) is 0 Å². The minimum Gasteiger partial charge on any atom is -0.294 e. The summed E-state index contributed by atoms with van der Waals surface area (Å²) in [5.74, 6) is -0.111. The van der Waals surface area contributed by atoms with Crippen LogP contribution < -0.4 is 0 Å². The Morgan fingerprint density at radius 1 is 1.40 bits per heavy atom. The highest BCUT2D eigenvalue weighted by Gasteiger charge is 2.12. The zero-order valence-electron chi connectivity index (χ0n) is 8.27. The Morgan fingerprint density at radius 2 is 2.07 bits per heavy atom. The van der Waals surface area contributed by atoms with Crippen molar-refractivity contribution in [3.05, 3.63) is 34.9 Å². The molecule has 0 atom stereocenters. The smallest absolute Gasteiger partial charge is 0.263 e. The number of halogens is 3. The fourth-order valence-corrected chi connectivity index (χ4v) is 1.61. The minimum atomic E-state index is -2.53. The van der Waals surface area contributed by atoms with Crippen LogP contribution in [-0.2, 0) is 5.33 Å². The van der Waals surface area contributed by atoms with Crippen molar-refractivity contribution in [1.82, 2.24) is 0 Å². The fraction of sp³-hybridized carbons (Fsp3) is 0.364. The van der Waals surface area contributed by atoms with Gasteiger partial charge in [-0.25, -0.2) is 8.78 Å². The molecule has 1 nitrogen and oxygen atoms in total. The van der Waals surface area contributed by atoms with Crippen LogP contribution in [-0.4, -0.2) is 5.78 Å². The number of Topliss-reactive ketones (excluding diaryl/α,β-unsaturated/α-hetero) is 1. The number of carbonyl (C=O) groups is 1. The first-order chi connectivity index (χ1) is 7.08. The number of rotatable bonds is 4. The van der Waals surface area contributed by atoms with E-state index >= 15 is 0 Å². The Balaban J connectivity index is 3.17. The number of ketones is 1. The van der Waals surface area contributed by atoms with Crippen molar-refractivity contribution >= 4 is 21.7 Å². The number of alkyl halides is 3. The van der Waals surface area contributed by atoms with Crippen LogP contribution in [0, 0.1) is 0 Å². The maximum absolute atomic E-state index is 12.5. The topological polar surface area (TPSA) is 17.1 Å². The Labute approximate surface area is 95.6 Å². The van der Waals surface area contributed by atoms with Crippen LogP contribution in [0.5, 0.6) is 0 Å². The Kier molecular flexibility index (Phi) is 4.39. The molecule has 0 radical (unpaired) electrons. The standard InChI is InChI=1S/C11H11BrF2O/c1-2-10(15)8-3-7(6-12)4-9(5-8)11(13)14/h3-5,11H,2,6H2,1H3. The lowest BCUT2D eigenvalue weighted by atomic mass is 10.0. The van der Waals surface area contributed by atoms with Gasteiger partial charge in [0.05, 0.1) is 0 Å². The molecule has 1 rings (SSSR count). The summed E-state index contributed by atoms with van der Waals surface area (Å²) in [7, 11) is 0. The molecule has 0 unspecified atom stereocenters. The lowest BCUT2D eigenvalue weighted by molar-refractivity contribution is 0.0987. The average molecular weight is 277 g/mol. The SMILES string of the molecule is CCC(=O)c1cc(CBr)cc(C(F)F)c1. The molecule has 0 fully saturated rings. The van der Waals surface area contributed by atoms with Crippen molar-refractivity contribution < 1.29 is 13.6 Å². The van der Waals surface area contributed by atoms with E-state index in [2.05, 4.69) is 15.9 Å². The van der Waals surface area contributed by atoms with Gasteiger partial charge in [-0.3, -0.25) is 4.79 Å². The van der Waals surface area contributed by atoms with E-state index in [1.54, 1.807) is 13.0 Å². The van der Waals surface area contributed by atoms with Crippen LogP contribution in [0.1, 0.15) is 41.3 Å². The van der Waals surface area contributed by atoms with Crippen molar-refractivity contribution in [3.8, 4) is 0 Å². The summed E-state index contributed by atoms with van der Waals surface area (Å²) in [5.41, 5.74) is 0.970. The fourth-order valence-electron chi connectivity index (χ4n) is 1.29. The number of hydrogen-bond acceptors (Lipinski definition) is 1. The predicted molar refractivity (Wildman–Crippen MR) is 58.7 cm³/mol. The number of carbonyl (C=O) groups excluding carboxylic acids is 1. The Morgan fingerprint density at radius 3 is 2.53 bits per heavy atom. The second kappa shape index (κ2) is 5.35. The van der Waals surface area contributed by atoms with E-state index in [4.69, 9.17) is 0 Å². The first-order valence-electron chi connectivity index (χ1n) is 4.59. The van der Waals surface area contributed by atoms with Crippen molar-refractivity contribution in [3.63, 3.8) is 0 Å². The van der Waals surface area contributed by atoms with Crippen molar-refractivity contribution in [2.24, 2.45) is 0 Å². The molecular formula is C11H11BrF2O. The normalized spacial score (nSPS) is 10.7. The van der Waals surface area contributed by atoms with Crippen LogP contribution in [0.4, 0.5) is 8.78 Å². The third kappa shape index (κ3) is 3.09. The third-order valence-electron chi connectivity index (χ3n) is 2.06. The number of benzene rings is 1. The van der Waals surface area contributed by atoms with E-state index < -0.39 is 6.43 Å². The maximum atomic E-state index is 12.5. The molecule has 0 aliphatic rings. The van der Waals surface area contributed by atoms with Gasteiger partial charge in [0.1, 0.15) is 0 Å². The summed E-state index contributed by atoms with van der Waals surface area (Å²) in [6.45, 7) is 1.71. The molecule has 0 N–H and O–H groups in total. The zero-order valence-corrected chi connectivity index (χ0v) is 9.85. The van der Waals surface area contributed by atoms with Gasteiger partial charge in [0.25, 0.3) is 6.43 Å². The summed E-state index contributed by atoms with van der Waals surface area (Å²) in [4.78, 5) is 11.4. The minimum absolute atomic E-state index is 0.0937. The van der Waals surface area contributed by atoms with Crippen LogP contribution in [0.3, 0.4) is 0 Å². The maximum Gasteiger partial charge on any atom is 0.263 e. The van der Waals surface area contributed by atoms with Gasteiger partial charge in [0, 0.05) is 22.9 Å². The van der Waals surface area contributed by atoms with Crippen molar-refractivity contribution in [1.29, 1.82) is 0 Å². The molecule has 0 saturated carbocycles. The van der Waals surface area contributed by atoms with Gasteiger partial charge in [-0.05, 0) is 23.8 Å². The van der Waals surface area contributed by atoms with Crippen LogP contribution in [0.25, 0.3) is 0 Å². The van der Waals surface area contributed by atoms with Crippen molar-refractivity contribution in [2.75, 3.05) is 0 Å². The molecule has 0 saturated heterocycles. The second-order valence-corrected chi connectivity index (χ2v) is 3.74. The summed E-state index contributed by atoms with van der Waals surface area (Å²) < 4.78 is 25.0. The molecule has 0 amide bonds. The molecule has 0 aliphatic carbocycles. The van der Waals surface area contributed by atoms with E-state index in [0.29, 0.717) is 22.9 Å². The Bertz CT molecular complexity index is 364. The lowest BCUT2D eigenvalue weighted by Gasteiger charge is -2.06. The highest BCUT2D eigenvalue weighted by atomic mass is 79.9. The molecule has 1 aromatic rings. The van der Waals surface area contributed by atoms with Gasteiger partial charge >= 0.3 is 0 Å². The molecule has 0 bridgehead atoms. The summed E-state index contributed by atoms with van der Waals surface area (Å²) in [5, 5.41) is 0.470. The van der Waals surface area contributed by atoms with E-state index in [0.717, 1.165) is 0 Å². The molecule has 0 aliphatic heterocycles. The second-order valence-electron chi connectivity index (χ2n) is 3.17. The van der Waals surface area contributed by atoms with Crippen molar-refractivity contribution in [2.45, 2.75) is 25.1 Å². The summed E-state index contributed by atoms with van der Waals surface area (Å²) >= 11 is 3.19. The van der Waals surface area contributed by atoms with E-state index in [9.17, 15) is 13.6 Å². The van der Waals surface area contributed by atoms with Gasteiger partial charge in [0.2, 0.25) is 0 Å². The first kappa shape index (κ1) is 12.3. The average Bonchev–Trinajstić information content (AvgIpc) is 2.27. The molecular weight excluding hydrogens is 266 g/mol. The van der Waals surface area contributed by atoms with Crippen LogP contribution in [0.2, 0.25) is 0 Å². The molecule has 0 aromatic heterocycles. The first-order valence-corrected chi connectivity index (χ1v) is 5.71. The summed E-state index contributed by atoms with van der Waals surface area (Å²) in [6.07, 6.45) is -2.21. The van der Waals surface area contributed by atoms with E-state index in [1.807, 2.05) is 0 Å². The van der Waals surface area contributed by atoms with E-state index in [-0.39, 0.29) is 11.3 Å². The molecule has 0 heterocycles. The molecule has 1 aromatic carbocycles. The number of hydrogen-bond donors (Lipinski definition) is 0. The zero-order chi connectivity index (χ0) is 11.4. The molecule has 0 spiro atoms. The largest absolute Gasteiger partial charge is 0.294 e. The molecule has 4 heteroatoms. The van der Waals surface area contributed by atoms with Gasteiger partial charge in [-0.2, -0.15) is 0 Å². The molecule has 15 heavy (non-hydrogen) atoms.